The number of nitrogens with zero attached hydrogens (tertiary/aromatic N) is 1. The van der Waals surface area contributed by atoms with Crippen LogP contribution in [0.2, 0.25) is 5.02 Å². The van der Waals surface area contributed by atoms with E-state index in [2.05, 4.69) is 10.3 Å². The van der Waals surface area contributed by atoms with Gasteiger partial charge in [0.25, 0.3) is 0 Å². The van der Waals surface area contributed by atoms with Crippen molar-refractivity contribution in [3.8, 4) is 5.88 Å². The summed E-state index contributed by atoms with van der Waals surface area (Å²) in [5.41, 5.74) is -0.874. The third-order valence-corrected chi connectivity index (χ3v) is 2.94. The van der Waals surface area contributed by atoms with Crippen LogP contribution in [0, 0.1) is 0 Å². The molecule has 0 unspecified atom stereocenters. The van der Waals surface area contributed by atoms with Gasteiger partial charge in [0, 0.05) is 12.7 Å². The minimum Gasteiger partial charge on any atom is -0.472 e. The predicted octanol–water partition coefficient (Wildman–Crippen LogP) is 3.31. The highest BCUT2D eigenvalue weighted by Crippen LogP contribution is 2.33. The van der Waals surface area contributed by atoms with Crippen LogP contribution in [0.1, 0.15) is 18.4 Å². The van der Waals surface area contributed by atoms with Crippen LogP contribution in [-0.2, 0) is 6.18 Å². The fourth-order valence-corrected chi connectivity index (χ4v) is 1.96. The Morgan fingerprint density at radius 3 is 2.68 bits per heavy atom. The standard InChI is InChI=1S/C11H12ClF3N2O.ClH/c12-9-4-7(11(13,14)15)5-17-10(9)18-8-2-1-3-16-6-8;/h4-5,8,16H,1-3,6H2;1H/t8-;/m0./s1. The highest BCUT2D eigenvalue weighted by Gasteiger charge is 2.32. The van der Waals surface area contributed by atoms with Crippen LogP contribution in [0.3, 0.4) is 0 Å². The van der Waals surface area contributed by atoms with E-state index in [1.165, 1.54) is 0 Å². The molecule has 0 amide bonds. The Balaban J connectivity index is 0.00000180. The Morgan fingerprint density at radius 2 is 2.16 bits per heavy atom. The van der Waals surface area contributed by atoms with Crippen LogP contribution in [0.5, 0.6) is 5.88 Å². The zero-order chi connectivity index (χ0) is 13.2. The molecule has 2 rings (SSSR count). The van der Waals surface area contributed by atoms with Crippen LogP contribution >= 0.6 is 24.0 Å². The molecular weight excluding hydrogens is 304 g/mol. The van der Waals surface area contributed by atoms with Crippen LogP contribution in [-0.4, -0.2) is 24.2 Å². The average molecular weight is 317 g/mol. The summed E-state index contributed by atoms with van der Waals surface area (Å²) in [6, 6.07) is 0.833. The zero-order valence-corrected chi connectivity index (χ0v) is 11.4. The smallest absolute Gasteiger partial charge is 0.417 e. The molecule has 0 aromatic carbocycles. The maximum absolute atomic E-state index is 12.4. The quantitative estimate of drug-likeness (QED) is 0.909. The molecule has 2 heterocycles. The van der Waals surface area contributed by atoms with Gasteiger partial charge in [-0.3, -0.25) is 0 Å². The summed E-state index contributed by atoms with van der Waals surface area (Å²) < 4.78 is 42.7. The van der Waals surface area contributed by atoms with Crippen molar-refractivity contribution in [2.24, 2.45) is 0 Å². The van der Waals surface area contributed by atoms with Gasteiger partial charge in [-0.05, 0) is 25.5 Å². The second-order valence-electron chi connectivity index (χ2n) is 4.09. The number of ether oxygens (including phenoxy) is 1. The van der Waals surface area contributed by atoms with Gasteiger partial charge in [-0.2, -0.15) is 13.2 Å². The van der Waals surface area contributed by atoms with Gasteiger partial charge < -0.3 is 10.1 Å². The maximum Gasteiger partial charge on any atom is 0.417 e. The first-order valence-electron chi connectivity index (χ1n) is 5.57. The topological polar surface area (TPSA) is 34.1 Å². The third-order valence-electron chi connectivity index (χ3n) is 2.66. The SMILES string of the molecule is Cl.FC(F)(F)c1cnc(O[C@H]2CCCNC2)c(Cl)c1. The van der Waals surface area contributed by atoms with E-state index >= 15 is 0 Å². The van der Waals surface area contributed by atoms with Crippen molar-refractivity contribution in [1.29, 1.82) is 0 Å². The Morgan fingerprint density at radius 1 is 1.42 bits per heavy atom. The molecule has 1 atom stereocenters. The number of hydrogen-bond donors (Lipinski definition) is 1. The van der Waals surface area contributed by atoms with Crippen molar-refractivity contribution >= 4 is 24.0 Å². The number of hydrogen-bond acceptors (Lipinski definition) is 3. The largest absolute Gasteiger partial charge is 0.472 e. The molecule has 1 fully saturated rings. The zero-order valence-electron chi connectivity index (χ0n) is 9.84. The molecule has 0 radical (unpaired) electrons. The Kier molecular flexibility index (Phi) is 5.70. The van der Waals surface area contributed by atoms with Crippen LogP contribution in [0.4, 0.5) is 13.2 Å². The summed E-state index contributed by atoms with van der Waals surface area (Å²) >= 11 is 5.75. The van der Waals surface area contributed by atoms with E-state index in [4.69, 9.17) is 16.3 Å². The van der Waals surface area contributed by atoms with Crippen molar-refractivity contribution in [2.45, 2.75) is 25.1 Å². The van der Waals surface area contributed by atoms with Gasteiger partial charge in [-0.15, -0.1) is 12.4 Å². The molecule has 3 nitrogen and oxygen atoms in total. The van der Waals surface area contributed by atoms with E-state index in [0.29, 0.717) is 6.54 Å². The summed E-state index contributed by atoms with van der Waals surface area (Å²) in [6.07, 6.45) is -2.01. The number of alkyl halides is 3. The fraction of sp³-hybridized carbons (Fsp3) is 0.545. The Labute approximate surface area is 119 Å². The van der Waals surface area contributed by atoms with E-state index in [0.717, 1.165) is 31.6 Å². The molecule has 1 N–H and O–H groups in total. The molecule has 19 heavy (non-hydrogen) atoms. The molecular formula is C11H13Cl2F3N2O. The normalized spacial score (nSPS) is 19.7. The Hall–Kier alpha value is -0.720. The van der Waals surface area contributed by atoms with E-state index in [1.807, 2.05) is 0 Å². The van der Waals surface area contributed by atoms with Gasteiger partial charge >= 0.3 is 6.18 Å². The highest BCUT2D eigenvalue weighted by atomic mass is 35.5. The summed E-state index contributed by atoms with van der Waals surface area (Å²) in [4.78, 5) is 3.64. The van der Waals surface area contributed by atoms with Crippen molar-refractivity contribution in [1.82, 2.24) is 10.3 Å². The van der Waals surface area contributed by atoms with E-state index in [9.17, 15) is 13.2 Å². The Bertz CT molecular complexity index is 423. The molecule has 0 aliphatic carbocycles. The lowest BCUT2D eigenvalue weighted by molar-refractivity contribution is -0.137. The molecule has 1 aliphatic rings. The van der Waals surface area contributed by atoms with Gasteiger partial charge in [0.15, 0.2) is 0 Å². The van der Waals surface area contributed by atoms with E-state index < -0.39 is 11.7 Å². The van der Waals surface area contributed by atoms with Crippen LogP contribution < -0.4 is 10.1 Å². The number of halogens is 5. The van der Waals surface area contributed by atoms with Crippen molar-refractivity contribution in [3.63, 3.8) is 0 Å². The second-order valence-corrected chi connectivity index (χ2v) is 4.50. The number of piperidine rings is 1. The predicted molar refractivity (Wildman–Crippen MR) is 68.0 cm³/mol. The van der Waals surface area contributed by atoms with Gasteiger partial charge in [0.1, 0.15) is 11.1 Å². The molecule has 0 bridgehead atoms. The van der Waals surface area contributed by atoms with Crippen molar-refractivity contribution in [2.75, 3.05) is 13.1 Å². The fourth-order valence-electron chi connectivity index (χ4n) is 1.75. The van der Waals surface area contributed by atoms with Gasteiger partial charge in [-0.25, -0.2) is 4.98 Å². The number of pyridine rings is 1. The van der Waals surface area contributed by atoms with Gasteiger partial charge in [-0.1, -0.05) is 11.6 Å². The van der Waals surface area contributed by atoms with Crippen LogP contribution in [0.15, 0.2) is 12.3 Å². The first-order valence-corrected chi connectivity index (χ1v) is 5.95. The lowest BCUT2D eigenvalue weighted by atomic mass is 10.1. The summed E-state index contributed by atoms with van der Waals surface area (Å²) in [7, 11) is 0. The van der Waals surface area contributed by atoms with Crippen molar-refractivity contribution in [3.05, 3.63) is 22.8 Å². The first kappa shape index (κ1) is 16.3. The summed E-state index contributed by atoms with van der Waals surface area (Å²) in [6.45, 7) is 1.58. The van der Waals surface area contributed by atoms with Gasteiger partial charge in [0.05, 0.1) is 5.56 Å². The van der Waals surface area contributed by atoms with E-state index in [-0.39, 0.29) is 29.4 Å². The first-order chi connectivity index (χ1) is 8.47. The number of nitrogens with one attached hydrogen (secondary N) is 1. The summed E-state index contributed by atoms with van der Waals surface area (Å²) in [5, 5.41) is 3.02. The molecule has 0 saturated carbocycles. The molecule has 1 saturated heterocycles. The van der Waals surface area contributed by atoms with Gasteiger partial charge in [0.2, 0.25) is 5.88 Å². The maximum atomic E-state index is 12.4. The monoisotopic (exact) mass is 316 g/mol. The minimum absolute atomic E-state index is 0. The number of rotatable bonds is 2. The number of aromatic nitrogens is 1. The third kappa shape index (κ3) is 4.40. The second kappa shape index (κ2) is 6.63. The molecule has 1 aromatic rings. The summed E-state index contributed by atoms with van der Waals surface area (Å²) in [5.74, 6) is 0.0540. The molecule has 108 valence electrons. The van der Waals surface area contributed by atoms with E-state index in [1.54, 1.807) is 0 Å². The molecule has 8 heteroatoms. The highest BCUT2D eigenvalue weighted by molar-refractivity contribution is 6.31. The lowest BCUT2D eigenvalue weighted by Gasteiger charge is -2.23. The van der Waals surface area contributed by atoms with Crippen molar-refractivity contribution < 1.29 is 17.9 Å². The minimum atomic E-state index is -4.44. The molecule has 1 aliphatic heterocycles. The lowest BCUT2D eigenvalue weighted by Crippen LogP contribution is -2.37. The van der Waals surface area contributed by atoms with Crippen LogP contribution in [0.25, 0.3) is 0 Å². The molecule has 0 spiro atoms. The average Bonchev–Trinajstić information content (AvgIpc) is 2.32. The molecule has 1 aromatic heterocycles.